The lowest BCUT2D eigenvalue weighted by molar-refractivity contribution is -0.128. The Balaban J connectivity index is 1.78. The molecule has 0 spiro atoms. The number of hydrogen-bond donors (Lipinski definition) is 3. The zero-order valence-corrected chi connectivity index (χ0v) is 14.8. The van der Waals surface area contributed by atoms with Crippen LogP contribution in [0.4, 0.5) is 0 Å². The molecule has 25 heavy (non-hydrogen) atoms. The van der Waals surface area contributed by atoms with Gasteiger partial charge in [-0.2, -0.15) is 0 Å². The number of piperidine rings is 1. The first-order chi connectivity index (χ1) is 12.1. The molecule has 4 N–H and O–H groups in total. The molecule has 1 saturated heterocycles. The Labute approximate surface area is 148 Å². The monoisotopic (exact) mass is 348 g/mol. The molecule has 0 aromatic heterocycles. The fourth-order valence-electron chi connectivity index (χ4n) is 3.05. The normalized spacial score (nSPS) is 17.8. The number of hydrogen-bond acceptors (Lipinski definition) is 5. The van der Waals surface area contributed by atoms with Crippen molar-refractivity contribution in [2.24, 2.45) is 11.7 Å². The average molecular weight is 348 g/mol. The molecule has 138 valence electrons. The summed E-state index contributed by atoms with van der Waals surface area (Å²) < 4.78 is 5.29. The van der Waals surface area contributed by atoms with E-state index in [1.165, 1.54) is 0 Å². The van der Waals surface area contributed by atoms with Gasteiger partial charge in [0.05, 0.1) is 19.6 Å². The van der Waals surface area contributed by atoms with E-state index in [1.54, 1.807) is 7.11 Å². The fourth-order valence-corrected chi connectivity index (χ4v) is 3.05. The van der Waals surface area contributed by atoms with Gasteiger partial charge in [0.2, 0.25) is 11.8 Å². The summed E-state index contributed by atoms with van der Waals surface area (Å²) in [6, 6.07) is 7.61. The summed E-state index contributed by atoms with van der Waals surface area (Å²) in [4.78, 5) is 26.3. The Bertz CT molecular complexity index is 579. The smallest absolute Gasteiger partial charge is 0.234 e. The standard InChI is InChI=1S/C18H28N4O3/c1-25-16-7-3-2-5-14(16)11-21-17(23)13-22-10-4-6-15(12-22)18(24)20-9-8-19/h2-3,5,7,15H,4,6,8-13,19H2,1H3,(H,20,24)(H,21,23). The van der Waals surface area contributed by atoms with Gasteiger partial charge >= 0.3 is 0 Å². The zero-order chi connectivity index (χ0) is 18.1. The Kier molecular flexibility index (Phi) is 7.69. The molecule has 1 unspecified atom stereocenters. The second-order valence-corrected chi connectivity index (χ2v) is 6.24. The van der Waals surface area contributed by atoms with Crippen LogP contribution < -0.4 is 21.1 Å². The molecule has 1 atom stereocenters. The number of amides is 2. The molecule has 1 fully saturated rings. The van der Waals surface area contributed by atoms with E-state index in [0.29, 0.717) is 32.7 Å². The number of carbonyl (C=O) groups excluding carboxylic acids is 2. The summed E-state index contributed by atoms with van der Waals surface area (Å²) in [5.41, 5.74) is 6.36. The minimum Gasteiger partial charge on any atom is -0.496 e. The average Bonchev–Trinajstić information content (AvgIpc) is 2.64. The van der Waals surface area contributed by atoms with Crippen LogP contribution in [-0.4, -0.2) is 56.5 Å². The van der Waals surface area contributed by atoms with Gasteiger partial charge < -0.3 is 21.1 Å². The second kappa shape index (κ2) is 10.0. The van der Waals surface area contributed by atoms with Gasteiger partial charge in [0.25, 0.3) is 0 Å². The third kappa shape index (κ3) is 6.03. The molecule has 0 radical (unpaired) electrons. The summed E-state index contributed by atoms with van der Waals surface area (Å²) in [7, 11) is 1.62. The van der Waals surface area contributed by atoms with E-state index >= 15 is 0 Å². The lowest BCUT2D eigenvalue weighted by atomic mass is 9.97. The molecule has 1 aromatic carbocycles. The first kappa shape index (κ1) is 19.2. The highest BCUT2D eigenvalue weighted by atomic mass is 16.5. The Morgan fingerprint density at radius 2 is 2.12 bits per heavy atom. The molecular weight excluding hydrogens is 320 g/mol. The van der Waals surface area contributed by atoms with Crippen LogP contribution in [0.1, 0.15) is 18.4 Å². The first-order valence-electron chi connectivity index (χ1n) is 8.72. The number of nitrogens with one attached hydrogen (secondary N) is 2. The first-order valence-corrected chi connectivity index (χ1v) is 8.72. The van der Waals surface area contributed by atoms with Crippen molar-refractivity contribution in [2.75, 3.05) is 39.8 Å². The third-order valence-corrected chi connectivity index (χ3v) is 4.36. The maximum atomic E-state index is 12.2. The number of nitrogens with zero attached hydrogens (tertiary/aromatic N) is 1. The highest BCUT2D eigenvalue weighted by Crippen LogP contribution is 2.18. The van der Waals surface area contributed by atoms with E-state index in [-0.39, 0.29) is 17.7 Å². The minimum absolute atomic E-state index is 0.0320. The number of nitrogens with two attached hydrogens (primary N) is 1. The molecule has 2 rings (SSSR count). The Morgan fingerprint density at radius 3 is 2.88 bits per heavy atom. The van der Waals surface area contributed by atoms with Crippen molar-refractivity contribution in [1.29, 1.82) is 0 Å². The van der Waals surface area contributed by atoms with Crippen molar-refractivity contribution >= 4 is 11.8 Å². The van der Waals surface area contributed by atoms with E-state index in [9.17, 15) is 9.59 Å². The van der Waals surface area contributed by atoms with Crippen LogP contribution in [0.3, 0.4) is 0 Å². The quantitative estimate of drug-likeness (QED) is 0.619. The molecular formula is C18H28N4O3. The van der Waals surface area contributed by atoms with E-state index in [1.807, 2.05) is 29.2 Å². The van der Waals surface area contributed by atoms with Gasteiger partial charge in [-0.05, 0) is 25.5 Å². The van der Waals surface area contributed by atoms with Crippen molar-refractivity contribution in [1.82, 2.24) is 15.5 Å². The Hall–Kier alpha value is -2.12. The fraction of sp³-hybridized carbons (Fsp3) is 0.556. The lowest BCUT2D eigenvalue weighted by Gasteiger charge is -2.31. The summed E-state index contributed by atoms with van der Waals surface area (Å²) in [6.07, 6.45) is 1.77. The van der Waals surface area contributed by atoms with Crippen LogP contribution in [0.5, 0.6) is 5.75 Å². The lowest BCUT2D eigenvalue weighted by Crippen LogP contribution is -2.47. The second-order valence-electron chi connectivity index (χ2n) is 6.24. The van der Waals surface area contributed by atoms with E-state index < -0.39 is 0 Å². The van der Waals surface area contributed by atoms with Crippen molar-refractivity contribution < 1.29 is 14.3 Å². The number of para-hydroxylation sites is 1. The Morgan fingerprint density at radius 1 is 1.32 bits per heavy atom. The zero-order valence-electron chi connectivity index (χ0n) is 14.8. The molecule has 1 aromatic rings. The number of likely N-dealkylation sites (tertiary alicyclic amines) is 1. The number of methoxy groups -OCH3 is 1. The molecule has 0 saturated carbocycles. The van der Waals surface area contributed by atoms with E-state index in [2.05, 4.69) is 10.6 Å². The third-order valence-electron chi connectivity index (χ3n) is 4.36. The summed E-state index contributed by atoms with van der Waals surface area (Å²) in [5, 5.41) is 5.75. The van der Waals surface area contributed by atoms with Gasteiger partial charge in [0, 0.05) is 31.7 Å². The number of carbonyl (C=O) groups is 2. The molecule has 7 heteroatoms. The maximum absolute atomic E-state index is 12.2. The van der Waals surface area contributed by atoms with Crippen LogP contribution in [0.2, 0.25) is 0 Å². The van der Waals surface area contributed by atoms with Crippen molar-refractivity contribution in [3.8, 4) is 5.75 Å². The molecule has 1 aliphatic rings. The van der Waals surface area contributed by atoms with Crippen LogP contribution in [0, 0.1) is 5.92 Å². The number of ether oxygens (including phenoxy) is 1. The highest BCUT2D eigenvalue weighted by Gasteiger charge is 2.26. The van der Waals surface area contributed by atoms with Crippen LogP contribution in [-0.2, 0) is 16.1 Å². The molecule has 1 aliphatic heterocycles. The maximum Gasteiger partial charge on any atom is 0.234 e. The van der Waals surface area contributed by atoms with Crippen molar-refractivity contribution in [3.63, 3.8) is 0 Å². The van der Waals surface area contributed by atoms with Crippen molar-refractivity contribution in [3.05, 3.63) is 29.8 Å². The molecule has 0 bridgehead atoms. The van der Waals surface area contributed by atoms with Gasteiger partial charge in [-0.1, -0.05) is 18.2 Å². The summed E-state index contributed by atoms with van der Waals surface area (Å²) in [5.74, 6) is 0.679. The van der Waals surface area contributed by atoms with Crippen molar-refractivity contribution in [2.45, 2.75) is 19.4 Å². The van der Waals surface area contributed by atoms with E-state index in [4.69, 9.17) is 10.5 Å². The van der Waals surface area contributed by atoms with E-state index in [0.717, 1.165) is 30.7 Å². The van der Waals surface area contributed by atoms with Crippen LogP contribution in [0.25, 0.3) is 0 Å². The molecule has 7 nitrogen and oxygen atoms in total. The molecule has 2 amide bonds. The van der Waals surface area contributed by atoms with Crippen LogP contribution >= 0.6 is 0 Å². The predicted octanol–water partition coefficient (Wildman–Crippen LogP) is 0.0983. The van der Waals surface area contributed by atoms with Gasteiger partial charge in [-0.25, -0.2) is 0 Å². The summed E-state index contributed by atoms with van der Waals surface area (Å²) in [6.45, 7) is 3.11. The SMILES string of the molecule is COc1ccccc1CNC(=O)CN1CCCC(C(=O)NCCN)C1. The molecule has 0 aliphatic carbocycles. The van der Waals surface area contributed by atoms with Gasteiger partial charge in [-0.3, -0.25) is 14.5 Å². The number of rotatable bonds is 8. The number of benzene rings is 1. The van der Waals surface area contributed by atoms with Gasteiger partial charge in [0.1, 0.15) is 5.75 Å². The highest BCUT2D eigenvalue weighted by molar-refractivity contribution is 5.80. The largest absolute Gasteiger partial charge is 0.496 e. The molecule has 1 heterocycles. The predicted molar refractivity (Wildman–Crippen MR) is 96.1 cm³/mol. The topological polar surface area (TPSA) is 96.7 Å². The minimum atomic E-state index is -0.0673. The van der Waals surface area contributed by atoms with Gasteiger partial charge in [-0.15, -0.1) is 0 Å². The van der Waals surface area contributed by atoms with Crippen LogP contribution in [0.15, 0.2) is 24.3 Å². The summed E-state index contributed by atoms with van der Waals surface area (Å²) >= 11 is 0. The van der Waals surface area contributed by atoms with Gasteiger partial charge in [0.15, 0.2) is 0 Å².